The highest BCUT2D eigenvalue weighted by Crippen LogP contribution is 2.30. The van der Waals surface area contributed by atoms with Gasteiger partial charge in [-0.1, -0.05) is 6.07 Å². The van der Waals surface area contributed by atoms with E-state index in [4.69, 9.17) is 4.74 Å². The summed E-state index contributed by atoms with van der Waals surface area (Å²) in [5.74, 6) is -0.334. The van der Waals surface area contributed by atoms with Gasteiger partial charge in [0, 0.05) is 19.2 Å². The molecule has 0 bridgehead atoms. The number of nitrogens with one attached hydrogen (secondary N) is 1. The zero-order valence-corrected chi connectivity index (χ0v) is 12.2. The van der Waals surface area contributed by atoms with Crippen LogP contribution in [0.1, 0.15) is 30.0 Å². The molecule has 1 unspecified atom stereocenters. The van der Waals surface area contributed by atoms with Crippen molar-refractivity contribution >= 4 is 0 Å². The van der Waals surface area contributed by atoms with Gasteiger partial charge in [-0.15, -0.1) is 0 Å². The Kier molecular flexibility index (Phi) is 5.91. The van der Waals surface area contributed by atoms with E-state index >= 15 is 0 Å². The average Bonchev–Trinajstić information content (AvgIpc) is 2.26. The van der Waals surface area contributed by atoms with E-state index in [0.717, 1.165) is 17.7 Å². The fraction of sp³-hybridized carbons (Fsp3) is 0.600. The van der Waals surface area contributed by atoms with Crippen molar-refractivity contribution in [1.29, 1.82) is 0 Å². The maximum atomic E-state index is 14.0. The summed E-state index contributed by atoms with van der Waals surface area (Å²) in [5.41, 5.74) is 0.890. The van der Waals surface area contributed by atoms with Crippen LogP contribution in [0.5, 0.6) is 0 Å². The average molecular weight is 269 g/mol. The summed E-state index contributed by atoms with van der Waals surface area (Å²) in [4.78, 5) is 0. The number of aliphatic hydroxyl groups is 1. The van der Waals surface area contributed by atoms with Gasteiger partial charge in [0.15, 0.2) is 0 Å². The first-order valence-electron chi connectivity index (χ1n) is 6.57. The van der Waals surface area contributed by atoms with Crippen LogP contribution in [-0.2, 0) is 10.3 Å². The minimum atomic E-state index is -1.16. The van der Waals surface area contributed by atoms with Gasteiger partial charge in [0.1, 0.15) is 5.82 Å². The Morgan fingerprint density at radius 2 is 2.00 bits per heavy atom. The number of hydrogen-bond acceptors (Lipinski definition) is 3. The van der Waals surface area contributed by atoms with Gasteiger partial charge in [-0.3, -0.25) is 0 Å². The van der Waals surface area contributed by atoms with Gasteiger partial charge in [-0.25, -0.2) is 4.39 Å². The molecule has 108 valence electrons. The van der Waals surface area contributed by atoms with Crippen molar-refractivity contribution in [3.8, 4) is 0 Å². The molecule has 0 aromatic heterocycles. The molecule has 0 radical (unpaired) electrons. The molecule has 3 nitrogen and oxygen atoms in total. The monoisotopic (exact) mass is 269 g/mol. The molecule has 0 spiro atoms. The van der Waals surface area contributed by atoms with Crippen LogP contribution in [-0.4, -0.2) is 31.9 Å². The lowest BCUT2D eigenvalue weighted by atomic mass is 9.87. The summed E-state index contributed by atoms with van der Waals surface area (Å²) >= 11 is 0. The van der Waals surface area contributed by atoms with Crippen molar-refractivity contribution in [3.63, 3.8) is 0 Å². The van der Waals surface area contributed by atoms with E-state index in [1.165, 1.54) is 6.07 Å². The van der Waals surface area contributed by atoms with Crippen LogP contribution in [0.3, 0.4) is 0 Å². The predicted octanol–water partition coefficient (Wildman–Crippen LogP) is 2.28. The molecular weight excluding hydrogens is 245 g/mol. The highest BCUT2D eigenvalue weighted by Gasteiger charge is 2.28. The molecule has 0 saturated carbocycles. The molecule has 1 rings (SSSR count). The van der Waals surface area contributed by atoms with E-state index < -0.39 is 5.60 Å². The molecule has 0 aliphatic carbocycles. The number of rotatable bonds is 7. The van der Waals surface area contributed by atoms with E-state index in [1.807, 2.05) is 19.9 Å². The summed E-state index contributed by atoms with van der Waals surface area (Å²) in [7, 11) is 1.64. The second kappa shape index (κ2) is 6.98. The van der Waals surface area contributed by atoms with Crippen LogP contribution in [0.2, 0.25) is 0 Å². The quantitative estimate of drug-likeness (QED) is 0.746. The SMILES string of the molecule is COCCNCCC(C)(O)c1c(C)cc(C)cc1F. The first-order valence-corrected chi connectivity index (χ1v) is 6.57. The van der Waals surface area contributed by atoms with E-state index in [1.54, 1.807) is 14.0 Å². The number of aryl methyl sites for hydroxylation is 2. The fourth-order valence-electron chi connectivity index (χ4n) is 2.35. The van der Waals surface area contributed by atoms with Crippen LogP contribution in [0.15, 0.2) is 12.1 Å². The fourth-order valence-corrected chi connectivity index (χ4v) is 2.35. The second-order valence-corrected chi connectivity index (χ2v) is 5.21. The Hall–Kier alpha value is -0.970. The molecule has 0 aliphatic heterocycles. The van der Waals surface area contributed by atoms with Crippen molar-refractivity contribution in [3.05, 3.63) is 34.6 Å². The molecule has 0 amide bonds. The maximum Gasteiger partial charge on any atom is 0.129 e. The van der Waals surface area contributed by atoms with Gasteiger partial charge in [-0.2, -0.15) is 0 Å². The van der Waals surface area contributed by atoms with Gasteiger partial charge in [0.25, 0.3) is 0 Å². The van der Waals surface area contributed by atoms with Gasteiger partial charge in [0.05, 0.1) is 12.2 Å². The Balaban J connectivity index is 2.71. The Bertz CT molecular complexity index is 396. The first-order chi connectivity index (χ1) is 8.88. The van der Waals surface area contributed by atoms with Crippen molar-refractivity contribution in [1.82, 2.24) is 5.32 Å². The summed E-state index contributed by atoms with van der Waals surface area (Å²) < 4.78 is 19.0. The Labute approximate surface area is 114 Å². The number of hydrogen-bond donors (Lipinski definition) is 2. The minimum Gasteiger partial charge on any atom is -0.385 e. The van der Waals surface area contributed by atoms with Crippen molar-refractivity contribution in [2.75, 3.05) is 26.8 Å². The maximum absolute atomic E-state index is 14.0. The van der Waals surface area contributed by atoms with E-state index in [2.05, 4.69) is 5.32 Å². The molecular formula is C15H24FNO2. The topological polar surface area (TPSA) is 41.5 Å². The van der Waals surface area contributed by atoms with E-state index in [0.29, 0.717) is 25.1 Å². The second-order valence-electron chi connectivity index (χ2n) is 5.21. The van der Waals surface area contributed by atoms with Gasteiger partial charge >= 0.3 is 0 Å². The molecule has 0 aliphatic rings. The Morgan fingerprint density at radius 1 is 1.32 bits per heavy atom. The van der Waals surface area contributed by atoms with Crippen LogP contribution in [0.25, 0.3) is 0 Å². The zero-order valence-electron chi connectivity index (χ0n) is 12.2. The lowest BCUT2D eigenvalue weighted by molar-refractivity contribution is 0.0432. The van der Waals surface area contributed by atoms with Crippen LogP contribution in [0.4, 0.5) is 4.39 Å². The number of benzene rings is 1. The highest BCUT2D eigenvalue weighted by molar-refractivity contribution is 5.35. The van der Waals surface area contributed by atoms with Crippen molar-refractivity contribution in [2.45, 2.75) is 32.8 Å². The van der Waals surface area contributed by atoms with Crippen molar-refractivity contribution in [2.24, 2.45) is 0 Å². The molecule has 1 aromatic carbocycles. The number of halogens is 1. The molecule has 4 heteroatoms. The van der Waals surface area contributed by atoms with Crippen LogP contribution in [0, 0.1) is 19.7 Å². The third-order valence-corrected chi connectivity index (χ3v) is 3.24. The molecule has 0 heterocycles. The lowest BCUT2D eigenvalue weighted by Crippen LogP contribution is -2.31. The minimum absolute atomic E-state index is 0.334. The standard InChI is InChI=1S/C15H24FNO2/c1-11-9-12(2)14(13(16)10-11)15(3,18)5-6-17-7-8-19-4/h9-10,17-18H,5-8H2,1-4H3. The number of methoxy groups -OCH3 is 1. The molecule has 1 atom stereocenters. The zero-order chi connectivity index (χ0) is 14.5. The molecule has 0 fully saturated rings. The molecule has 19 heavy (non-hydrogen) atoms. The van der Waals surface area contributed by atoms with Crippen molar-refractivity contribution < 1.29 is 14.2 Å². The Morgan fingerprint density at radius 3 is 2.58 bits per heavy atom. The lowest BCUT2D eigenvalue weighted by Gasteiger charge is -2.26. The summed E-state index contributed by atoms with van der Waals surface area (Å²) in [6.45, 7) is 7.30. The van der Waals surface area contributed by atoms with Crippen LogP contribution >= 0.6 is 0 Å². The van der Waals surface area contributed by atoms with E-state index in [-0.39, 0.29) is 5.82 Å². The van der Waals surface area contributed by atoms with Gasteiger partial charge < -0.3 is 15.2 Å². The first kappa shape index (κ1) is 16.1. The third-order valence-electron chi connectivity index (χ3n) is 3.24. The smallest absolute Gasteiger partial charge is 0.129 e. The van der Waals surface area contributed by atoms with Crippen LogP contribution < -0.4 is 5.32 Å². The van der Waals surface area contributed by atoms with Gasteiger partial charge in [-0.05, 0) is 50.9 Å². The normalized spacial score (nSPS) is 14.4. The summed E-state index contributed by atoms with van der Waals surface area (Å²) in [6, 6.07) is 3.36. The summed E-state index contributed by atoms with van der Waals surface area (Å²) in [5, 5.41) is 13.6. The van der Waals surface area contributed by atoms with E-state index in [9.17, 15) is 9.50 Å². The number of ether oxygens (including phenoxy) is 1. The predicted molar refractivity (Wildman–Crippen MR) is 74.8 cm³/mol. The summed E-state index contributed by atoms with van der Waals surface area (Å²) in [6.07, 6.45) is 0.456. The largest absolute Gasteiger partial charge is 0.385 e. The third kappa shape index (κ3) is 4.56. The molecule has 1 aromatic rings. The molecule has 2 N–H and O–H groups in total. The highest BCUT2D eigenvalue weighted by atomic mass is 19.1. The molecule has 0 saturated heterocycles. The van der Waals surface area contributed by atoms with Gasteiger partial charge in [0.2, 0.25) is 0 Å².